The third-order valence-electron chi connectivity index (χ3n) is 4.81. The maximum Gasteiger partial charge on any atom is 0.297 e. The quantitative estimate of drug-likeness (QED) is 0.349. The number of aromatic nitrogens is 2. The normalized spacial score (nSPS) is 15.6. The highest BCUT2D eigenvalue weighted by Crippen LogP contribution is 2.41. The lowest BCUT2D eigenvalue weighted by Gasteiger charge is -2.21. The summed E-state index contributed by atoms with van der Waals surface area (Å²) in [4.78, 5) is 38.4. The number of carbonyl (C=O) groups is 1. The standard InChI is InChI=1S/C19H9ClN4O5S/c20-10-3-6-13-12(7-10)16(25)14-15(9-1-4-11(5-2-9)24(27)28)23(18(26)17(14)29-13)19-22-21-8-30-19/h1-8,15H/t15-/m1/s1. The van der Waals surface area contributed by atoms with E-state index in [9.17, 15) is 19.7 Å². The van der Waals surface area contributed by atoms with Crippen LogP contribution in [0.25, 0.3) is 11.0 Å². The van der Waals surface area contributed by atoms with Crippen molar-refractivity contribution in [1.82, 2.24) is 10.2 Å². The van der Waals surface area contributed by atoms with Crippen LogP contribution in [-0.4, -0.2) is 21.0 Å². The lowest BCUT2D eigenvalue weighted by molar-refractivity contribution is -0.384. The van der Waals surface area contributed by atoms with Crippen molar-refractivity contribution < 1.29 is 14.1 Å². The Hall–Kier alpha value is -3.63. The van der Waals surface area contributed by atoms with Crippen LogP contribution in [0.3, 0.4) is 0 Å². The van der Waals surface area contributed by atoms with Gasteiger partial charge >= 0.3 is 0 Å². The van der Waals surface area contributed by atoms with Crippen LogP contribution in [0, 0.1) is 10.1 Å². The Morgan fingerprint density at radius 2 is 1.93 bits per heavy atom. The molecule has 0 saturated heterocycles. The van der Waals surface area contributed by atoms with E-state index in [0.717, 1.165) is 11.3 Å². The average molecular weight is 441 g/mol. The fourth-order valence-electron chi connectivity index (χ4n) is 3.51. The zero-order chi connectivity index (χ0) is 21.0. The largest absolute Gasteiger partial charge is 0.450 e. The molecule has 5 rings (SSSR count). The maximum absolute atomic E-state index is 13.4. The first kappa shape index (κ1) is 18.4. The molecule has 0 spiro atoms. The van der Waals surface area contributed by atoms with Crippen molar-refractivity contribution in [2.24, 2.45) is 0 Å². The van der Waals surface area contributed by atoms with Gasteiger partial charge in [-0.15, -0.1) is 10.2 Å². The van der Waals surface area contributed by atoms with Crippen LogP contribution in [-0.2, 0) is 0 Å². The summed E-state index contributed by atoms with van der Waals surface area (Å²) in [6, 6.07) is 9.33. The van der Waals surface area contributed by atoms with Crippen molar-refractivity contribution in [3.8, 4) is 0 Å². The van der Waals surface area contributed by atoms with Crippen LogP contribution in [0.2, 0.25) is 5.02 Å². The van der Waals surface area contributed by atoms with Crippen molar-refractivity contribution >= 4 is 50.6 Å². The van der Waals surface area contributed by atoms with Gasteiger partial charge in [-0.2, -0.15) is 0 Å². The molecule has 9 nitrogen and oxygen atoms in total. The summed E-state index contributed by atoms with van der Waals surface area (Å²) in [5.41, 5.74) is 1.80. The molecule has 0 unspecified atom stereocenters. The molecule has 1 aliphatic rings. The number of nitrogens with zero attached hydrogens (tertiary/aromatic N) is 4. The van der Waals surface area contributed by atoms with Crippen LogP contribution >= 0.6 is 22.9 Å². The fraction of sp³-hybridized carbons (Fsp3) is 0.0526. The second kappa shape index (κ2) is 6.71. The molecule has 0 fully saturated rings. The smallest absolute Gasteiger partial charge is 0.297 e. The minimum Gasteiger partial charge on any atom is -0.450 e. The van der Waals surface area contributed by atoms with Gasteiger partial charge in [0.2, 0.25) is 10.9 Å². The topological polar surface area (TPSA) is 119 Å². The van der Waals surface area contributed by atoms with E-state index < -0.39 is 22.3 Å². The maximum atomic E-state index is 13.4. The van der Waals surface area contributed by atoms with Crippen LogP contribution in [0.15, 0.2) is 57.2 Å². The van der Waals surface area contributed by atoms with Gasteiger partial charge in [-0.25, -0.2) is 0 Å². The van der Waals surface area contributed by atoms with Crippen LogP contribution < -0.4 is 10.3 Å². The average Bonchev–Trinajstić information content (AvgIpc) is 3.35. The number of nitro groups is 1. The number of benzene rings is 2. The van der Waals surface area contributed by atoms with Gasteiger partial charge in [0.25, 0.3) is 11.6 Å². The number of fused-ring (bicyclic) bond motifs is 2. The Morgan fingerprint density at radius 3 is 2.60 bits per heavy atom. The van der Waals surface area contributed by atoms with Gasteiger partial charge in [0.15, 0.2) is 5.43 Å². The van der Waals surface area contributed by atoms with Gasteiger partial charge in [-0.3, -0.25) is 24.6 Å². The molecule has 0 radical (unpaired) electrons. The molecular formula is C19H9ClN4O5S. The van der Waals surface area contributed by atoms with E-state index >= 15 is 0 Å². The molecule has 3 heterocycles. The van der Waals surface area contributed by atoms with Gasteiger partial charge in [-0.1, -0.05) is 22.9 Å². The predicted molar refractivity (Wildman–Crippen MR) is 109 cm³/mol. The highest BCUT2D eigenvalue weighted by molar-refractivity contribution is 7.13. The summed E-state index contributed by atoms with van der Waals surface area (Å²) in [6.07, 6.45) is 0. The van der Waals surface area contributed by atoms with Crippen molar-refractivity contribution in [1.29, 1.82) is 0 Å². The number of halogens is 1. The number of amides is 1. The van der Waals surface area contributed by atoms with Crippen molar-refractivity contribution in [2.75, 3.05) is 4.90 Å². The Balaban J connectivity index is 1.79. The minimum absolute atomic E-state index is 0.103. The first-order chi connectivity index (χ1) is 14.5. The number of nitro benzene ring substituents is 1. The van der Waals surface area contributed by atoms with E-state index in [-0.39, 0.29) is 33.1 Å². The Bertz CT molecular complexity index is 1380. The Labute approximate surface area is 176 Å². The van der Waals surface area contributed by atoms with E-state index in [1.807, 2.05) is 0 Å². The van der Waals surface area contributed by atoms with Crippen LogP contribution in [0.5, 0.6) is 0 Å². The Kier molecular flexibility index (Phi) is 4.12. The molecule has 1 amide bonds. The first-order valence-electron chi connectivity index (χ1n) is 8.56. The summed E-state index contributed by atoms with van der Waals surface area (Å²) in [5, 5.41) is 19.6. The molecule has 0 saturated carbocycles. The molecule has 0 bridgehead atoms. The number of hydrogen-bond acceptors (Lipinski definition) is 8. The molecule has 1 aliphatic heterocycles. The third-order valence-corrected chi connectivity index (χ3v) is 5.73. The zero-order valence-corrected chi connectivity index (χ0v) is 16.4. The molecule has 11 heteroatoms. The second-order valence-corrected chi connectivity index (χ2v) is 7.71. The summed E-state index contributed by atoms with van der Waals surface area (Å²) in [6.45, 7) is 0. The Morgan fingerprint density at radius 1 is 1.17 bits per heavy atom. The molecule has 30 heavy (non-hydrogen) atoms. The van der Waals surface area contributed by atoms with Gasteiger partial charge in [-0.05, 0) is 35.9 Å². The number of hydrogen-bond donors (Lipinski definition) is 0. The SMILES string of the molecule is O=C1c2oc3ccc(Cl)cc3c(=O)c2[C@@H](c2ccc([N+](=O)[O-])cc2)N1c1nncs1. The van der Waals surface area contributed by atoms with E-state index in [2.05, 4.69) is 10.2 Å². The van der Waals surface area contributed by atoms with Gasteiger partial charge < -0.3 is 4.42 Å². The van der Waals surface area contributed by atoms with E-state index in [4.69, 9.17) is 16.0 Å². The predicted octanol–water partition coefficient (Wildman–Crippen LogP) is 3.96. The molecule has 0 N–H and O–H groups in total. The van der Waals surface area contributed by atoms with E-state index in [0.29, 0.717) is 10.6 Å². The summed E-state index contributed by atoms with van der Waals surface area (Å²) >= 11 is 7.17. The number of anilines is 1. The molecule has 2 aromatic heterocycles. The molecule has 0 aliphatic carbocycles. The lowest BCUT2D eigenvalue weighted by Crippen LogP contribution is -2.29. The molecule has 4 aromatic rings. The molecule has 148 valence electrons. The van der Waals surface area contributed by atoms with Gasteiger partial charge in [0, 0.05) is 17.2 Å². The summed E-state index contributed by atoms with van der Waals surface area (Å²) in [5.74, 6) is -0.646. The highest BCUT2D eigenvalue weighted by atomic mass is 35.5. The summed E-state index contributed by atoms with van der Waals surface area (Å²) in [7, 11) is 0. The lowest BCUT2D eigenvalue weighted by atomic mass is 9.98. The monoisotopic (exact) mass is 440 g/mol. The molecule has 1 atom stereocenters. The second-order valence-electron chi connectivity index (χ2n) is 6.46. The number of carbonyl (C=O) groups excluding carboxylic acids is 1. The number of rotatable bonds is 3. The van der Waals surface area contributed by atoms with Crippen LogP contribution in [0.4, 0.5) is 10.8 Å². The van der Waals surface area contributed by atoms with E-state index in [1.165, 1.54) is 46.8 Å². The molecular weight excluding hydrogens is 432 g/mol. The van der Waals surface area contributed by atoms with Crippen molar-refractivity contribution in [3.05, 3.63) is 90.2 Å². The fourth-order valence-corrected chi connectivity index (χ4v) is 4.27. The van der Waals surface area contributed by atoms with Gasteiger partial charge in [0.1, 0.15) is 11.1 Å². The number of non-ortho nitro benzene ring substituents is 1. The third kappa shape index (κ3) is 2.69. The first-order valence-corrected chi connectivity index (χ1v) is 9.82. The van der Waals surface area contributed by atoms with E-state index in [1.54, 1.807) is 6.07 Å². The zero-order valence-electron chi connectivity index (χ0n) is 14.8. The highest BCUT2D eigenvalue weighted by Gasteiger charge is 2.45. The van der Waals surface area contributed by atoms with Crippen molar-refractivity contribution in [3.63, 3.8) is 0 Å². The molecule has 2 aromatic carbocycles. The van der Waals surface area contributed by atoms with Crippen molar-refractivity contribution in [2.45, 2.75) is 6.04 Å². The van der Waals surface area contributed by atoms with Crippen LogP contribution in [0.1, 0.15) is 27.7 Å². The van der Waals surface area contributed by atoms with Gasteiger partial charge in [0.05, 0.1) is 21.9 Å². The minimum atomic E-state index is -0.874. The summed E-state index contributed by atoms with van der Waals surface area (Å²) < 4.78 is 5.79.